The number of carbonyl (C=O) groups is 1. The second-order valence-corrected chi connectivity index (χ2v) is 8.04. The summed E-state index contributed by atoms with van der Waals surface area (Å²) in [7, 11) is -3.78. The second kappa shape index (κ2) is 6.34. The van der Waals surface area contributed by atoms with Gasteiger partial charge in [0.2, 0.25) is 15.4 Å². The first kappa shape index (κ1) is 16.3. The number of anilines is 1. The summed E-state index contributed by atoms with van der Waals surface area (Å²) in [6.45, 7) is 1.57. The third-order valence-electron chi connectivity index (χ3n) is 3.47. The minimum absolute atomic E-state index is 0.160. The lowest BCUT2D eigenvalue weighted by Crippen LogP contribution is -2.54. The van der Waals surface area contributed by atoms with Crippen molar-refractivity contribution in [2.24, 2.45) is 5.73 Å². The van der Waals surface area contributed by atoms with Crippen molar-refractivity contribution < 1.29 is 13.2 Å². The van der Waals surface area contributed by atoms with Crippen LogP contribution in [0, 0.1) is 0 Å². The fourth-order valence-corrected chi connectivity index (χ4v) is 4.84. The molecule has 1 aromatic rings. The first-order valence-corrected chi connectivity index (χ1v) is 9.02. The zero-order valence-corrected chi connectivity index (χ0v) is 13.4. The molecular weight excluding hydrogens is 314 g/mol. The molecule has 0 aromatic carbocycles. The molecule has 1 saturated carbocycles. The third-order valence-corrected chi connectivity index (χ3v) is 6.26. The summed E-state index contributed by atoms with van der Waals surface area (Å²) in [5.41, 5.74) is 5.18. The van der Waals surface area contributed by atoms with Crippen LogP contribution in [-0.4, -0.2) is 36.6 Å². The SMILES string of the molecule is CC(=O)Nc1nnc(S(=O)(=O)NC2(CN)CCCCC2)s1. The highest BCUT2D eigenvalue weighted by Crippen LogP contribution is 2.30. The van der Waals surface area contributed by atoms with E-state index < -0.39 is 15.6 Å². The summed E-state index contributed by atoms with van der Waals surface area (Å²) in [6, 6.07) is 0. The number of nitrogens with zero attached hydrogens (tertiary/aromatic N) is 2. The second-order valence-electron chi connectivity index (χ2n) is 5.20. The fourth-order valence-electron chi connectivity index (χ4n) is 2.42. The van der Waals surface area contributed by atoms with E-state index in [2.05, 4.69) is 20.2 Å². The Hall–Kier alpha value is -1.10. The fraction of sp³-hybridized carbons (Fsp3) is 0.727. The Morgan fingerprint density at radius 2 is 2.00 bits per heavy atom. The van der Waals surface area contributed by atoms with Crippen molar-refractivity contribution in [1.29, 1.82) is 0 Å². The van der Waals surface area contributed by atoms with Crippen molar-refractivity contribution in [2.75, 3.05) is 11.9 Å². The van der Waals surface area contributed by atoms with Gasteiger partial charge in [0, 0.05) is 19.0 Å². The van der Waals surface area contributed by atoms with E-state index >= 15 is 0 Å². The van der Waals surface area contributed by atoms with Gasteiger partial charge in [-0.1, -0.05) is 30.6 Å². The summed E-state index contributed by atoms with van der Waals surface area (Å²) in [4.78, 5) is 10.9. The highest BCUT2D eigenvalue weighted by molar-refractivity contribution is 7.91. The van der Waals surface area contributed by atoms with Gasteiger partial charge in [0.1, 0.15) is 0 Å². The van der Waals surface area contributed by atoms with Crippen molar-refractivity contribution in [3.8, 4) is 0 Å². The molecular formula is C11H19N5O3S2. The molecule has 118 valence electrons. The summed E-state index contributed by atoms with van der Waals surface area (Å²) in [5, 5.41) is 9.86. The van der Waals surface area contributed by atoms with Crippen LogP contribution in [0.5, 0.6) is 0 Å². The van der Waals surface area contributed by atoms with Crippen LogP contribution in [0.25, 0.3) is 0 Å². The molecule has 1 aliphatic rings. The van der Waals surface area contributed by atoms with Crippen LogP contribution in [0.4, 0.5) is 5.13 Å². The third kappa shape index (κ3) is 3.96. The van der Waals surface area contributed by atoms with Crippen LogP contribution < -0.4 is 15.8 Å². The van der Waals surface area contributed by atoms with Crippen LogP contribution in [0.3, 0.4) is 0 Å². The van der Waals surface area contributed by atoms with Gasteiger partial charge < -0.3 is 11.1 Å². The molecule has 0 bridgehead atoms. The molecule has 10 heteroatoms. The molecule has 0 radical (unpaired) electrons. The Labute approximate surface area is 127 Å². The van der Waals surface area contributed by atoms with Gasteiger partial charge in [-0.05, 0) is 12.8 Å². The smallest absolute Gasteiger partial charge is 0.270 e. The normalized spacial score (nSPS) is 18.4. The first-order chi connectivity index (χ1) is 9.87. The zero-order chi connectivity index (χ0) is 15.5. The van der Waals surface area contributed by atoms with Gasteiger partial charge >= 0.3 is 0 Å². The van der Waals surface area contributed by atoms with Crippen molar-refractivity contribution in [1.82, 2.24) is 14.9 Å². The van der Waals surface area contributed by atoms with Gasteiger partial charge in [-0.25, -0.2) is 13.1 Å². The van der Waals surface area contributed by atoms with Gasteiger partial charge in [0.25, 0.3) is 10.0 Å². The Morgan fingerprint density at radius 3 is 2.57 bits per heavy atom. The van der Waals surface area contributed by atoms with E-state index in [1.807, 2.05) is 0 Å². The Balaban J connectivity index is 2.17. The molecule has 0 aliphatic heterocycles. The van der Waals surface area contributed by atoms with Gasteiger partial charge in [0.15, 0.2) is 0 Å². The number of aromatic nitrogens is 2. The number of hydrogen-bond donors (Lipinski definition) is 3. The number of amides is 1. The van der Waals surface area contributed by atoms with Crippen LogP contribution >= 0.6 is 11.3 Å². The molecule has 1 aromatic heterocycles. The standard InChI is InChI=1S/C11H19N5O3S2/c1-8(17)13-9-14-15-10(20-9)21(18,19)16-11(7-12)5-3-2-4-6-11/h16H,2-7,12H2,1H3,(H,13,14,17). The zero-order valence-electron chi connectivity index (χ0n) is 11.8. The average Bonchev–Trinajstić information content (AvgIpc) is 2.88. The summed E-state index contributed by atoms with van der Waals surface area (Å²) in [5.74, 6) is -0.325. The number of nitrogens with one attached hydrogen (secondary N) is 2. The molecule has 4 N–H and O–H groups in total. The Kier molecular flexibility index (Phi) is 4.91. The topological polar surface area (TPSA) is 127 Å². The maximum atomic E-state index is 12.4. The lowest BCUT2D eigenvalue weighted by Gasteiger charge is -2.36. The van der Waals surface area contributed by atoms with Crippen LogP contribution in [0.15, 0.2) is 4.34 Å². The monoisotopic (exact) mass is 333 g/mol. The minimum Gasteiger partial charge on any atom is -0.329 e. The van der Waals surface area contributed by atoms with E-state index in [1.54, 1.807) is 0 Å². The number of sulfonamides is 1. The predicted octanol–water partition coefficient (Wildman–Crippen LogP) is 0.436. The van der Waals surface area contributed by atoms with Gasteiger partial charge in [0.05, 0.1) is 0 Å². The highest BCUT2D eigenvalue weighted by atomic mass is 32.2. The van der Waals surface area contributed by atoms with E-state index in [0.29, 0.717) is 0 Å². The summed E-state index contributed by atoms with van der Waals surface area (Å²) < 4.78 is 27.3. The number of nitrogens with two attached hydrogens (primary N) is 1. The lowest BCUT2D eigenvalue weighted by atomic mass is 9.83. The average molecular weight is 333 g/mol. The molecule has 1 amide bonds. The van der Waals surface area contributed by atoms with E-state index in [4.69, 9.17) is 5.73 Å². The maximum Gasteiger partial charge on any atom is 0.270 e. The Bertz CT molecular complexity index is 607. The van der Waals surface area contributed by atoms with Crippen molar-refractivity contribution in [2.45, 2.75) is 48.9 Å². The first-order valence-electron chi connectivity index (χ1n) is 6.72. The lowest BCUT2D eigenvalue weighted by molar-refractivity contribution is -0.114. The van der Waals surface area contributed by atoms with Crippen LogP contribution in [-0.2, 0) is 14.8 Å². The number of hydrogen-bond acceptors (Lipinski definition) is 7. The van der Waals surface area contributed by atoms with Crippen molar-refractivity contribution in [3.05, 3.63) is 0 Å². The van der Waals surface area contributed by atoms with E-state index in [1.165, 1.54) is 6.92 Å². The minimum atomic E-state index is -3.78. The summed E-state index contributed by atoms with van der Waals surface area (Å²) >= 11 is 0.820. The molecule has 0 unspecified atom stereocenters. The van der Waals surface area contributed by atoms with Gasteiger partial charge in [-0.2, -0.15) is 0 Å². The number of rotatable bonds is 5. The number of carbonyl (C=O) groups excluding carboxylic acids is 1. The highest BCUT2D eigenvalue weighted by Gasteiger charge is 2.36. The molecule has 8 nitrogen and oxygen atoms in total. The Morgan fingerprint density at radius 1 is 1.33 bits per heavy atom. The van der Waals surface area contributed by atoms with Crippen LogP contribution in [0.2, 0.25) is 0 Å². The predicted molar refractivity (Wildman–Crippen MR) is 79.4 cm³/mol. The molecule has 1 aliphatic carbocycles. The maximum absolute atomic E-state index is 12.4. The molecule has 0 atom stereocenters. The van der Waals surface area contributed by atoms with E-state index in [-0.39, 0.29) is 21.9 Å². The molecule has 1 heterocycles. The largest absolute Gasteiger partial charge is 0.329 e. The van der Waals surface area contributed by atoms with E-state index in [0.717, 1.165) is 43.4 Å². The van der Waals surface area contributed by atoms with Gasteiger partial charge in [-0.3, -0.25) is 4.79 Å². The van der Waals surface area contributed by atoms with Crippen LogP contribution in [0.1, 0.15) is 39.0 Å². The van der Waals surface area contributed by atoms with Crippen molar-refractivity contribution in [3.63, 3.8) is 0 Å². The molecule has 0 spiro atoms. The summed E-state index contributed by atoms with van der Waals surface area (Å²) in [6.07, 6.45) is 4.44. The van der Waals surface area contributed by atoms with E-state index in [9.17, 15) is 13.2 Å². The molecule has 2 rings (SSSR count). The van der Waals surface area contributed by atoms with Gasteiger partial charge in [-0.15, -0.1) is 10.2 Å². The molecule has 21 heavy (non-hydrogen) atoms. The molecule has 1 fully saturated rings. The quantitative estimate of drug-likeness (QED) is 0.671. The molecule has 0 saturated heterocycles. The van der Waals surface area contributed by atoms with Crippen molar-refractivity contribution >= 4 is 32.4 Å².